The summed E-state index contributed by atoms with van der Waals surface area (Å²) in [5, 5.41) is 4.37. The van der Waals surface area contributed by atoms with Gasteiger partial charge in [0.15, 0.2) is 0 Å². The second-order valence-electron chi connectivity index (χ2n) is 6.23. The van der Waals surface area contributed by atoms with Crippen molar-refractivity contribution in [3.05, 3.63) is 22.7 Å². The van der Waals surface area contributed by atoms with E-state index in [0.717, 1.165) is 41.5 Å². The van der Waals surface area contributed by atoms with Crippen LogP contribution in [0.1, 0.15) is 32.8 Å². The standard InChI is InChI=1S/C16H25ClN2O/c1-6-12-9-18-16(3,4)10-19(12)14-7-11(2)13(17)8-15(14)20-5/h7-8,12,18H,6,9-10H2,1-5H3. The van der Waals surface area contributed by atoms with Crippen LogP contribution in [0.15, 0.2) is 12.1 Å². The minimum absolute atomic E-state index is 0.101. The Morgan fingerprint density at radius 3 is 2.75 bits per heavy atom. The van der Waals surface area contributed by atoms with Crippen LogP contribution in [-0.4, -0.2) is 31.8 Å². The first kappa shape index (κ1) is 15.5. The highest BCUT2D eigenvalue weighted by molar-refractivity contribution is 6.31. The second-order valence-corrected chi connectivity index (χ2v) is 6.64. The van der Waals surface area contributed by atoms with Crippen molar-refractivity contribution in [3.8, 4) is 5.75 Å². The van der Waals surface area contributed by atoms with Crippen LogP contribution in [0, 0.1) is 6.92 Å². The third-order valence-corrected chi connectivity index (χ3v) is 4.47. The number of nitrogens with one attached hydrogen (secondary N) is 1. The molecular formula is C16H25ClN2O. The Kier molecular flexibility index (Phi) is 4.50. The Labute approximate surface area is 127 Å². The highest BCUT2D eigenvalue weighted by Crippen LogP contribution is 2.36. The molecule has 0 amide bonds. The molecule has 0 saturated carbocycles. The molecule has 3 nitrogen and oxygen atoms in total. The lowest BCUT2D eigenvalue weighted by molar-refractivity contribution is 0.303. The number of hydrogen-bond donors (Lipinski definition) is 1. The molecule has 1 N–H and O–H groups in total. The molecular weight excluding hydrogens is 272 g/mol. The van der Waals surface area contributed by atoms with E-state index in [1.165, 1.54) is 0 Å². The Morgan fingerprint density at radius 1 is 1.45 bits per heavy atom. The van der Waals surface area contributed by atoms with Gasteiger partial charge in [-0.1, -0.05) is 18.5 Å². The van der Waals surface area contributed by atoms with E-state index < -0.39 is 0 Å². The van der Waals surface area contributed by atoms with Crippen molar-refractivity contribution < 1.29 is 4.74 Å². The van der Waals surface area contributed by atoms with Gasteiger partial charge in [0.25, 0.3) is 0 Å². The third-order valence-electron chi connectivity index (χ3n) is 4.06. The van der Waals surface area contributed by atoms with Crippen LogP contribution in [0.25, 0.3) is 0 Å². The van der Waals surface area contributed by atoms with Gasteiger partial charge in [-0.3, -0.25) is 0 Å². The molecule has 2 rings (SSSR count). The minimum Gasteiger partial charge on any atom is -0.495 e. The molecule has 1 aliphatic rings. The van der Waals surface area contributed by atoms with E-state index in [9.17, 15) is 0 Å². The molecule has 1 aliphatic heterocycles. The van der Waals surface area contributed by atoms with Gasteiger partial charge in [-0.25, -0.2) is 0 Å². The van der Waals surface area contributed by atoms with Gasteiger partial charge in [0.05, 0.1) is 12.8 Å². The number of benzene rings is 1. The SMILES string of the molecule is CCC1CNC(C)(C)CN1c1cc(C)c(Cl)cc1OC. The predicted octanol–water partition coefficient (Wildman–Crippen LogP) is 3.62. The number of halogens is 1. The molecule has 0 spiro atoms. The van der Waals surface area contributed by atoms with Gasteiger partial charge in [0, 0.05) is 35.8 Å². The number of ether oxygens (including phenoxy) is 1. The van der Waals surface area contributed by atoms with Gasteiger partial charge in [-0.15, -0.1) is 0 Å². The molecule has 0 bridgehead atoms. The van der Waals surface area contributed by atoms with Crippen molar-refractivity contribution in [1.82, 2.24) is 5.32 Å². The Morgan fingerprint density at radius 2 is 2.15 bits per heavy atom. The predicted molar refractivity (Wildman–Crippen MR) is 86.2 cm³/mol. The Hall–Kier alpha value is -0.930. The van der Waals surface area contributed by atoms with Crippen LogP contribution < -0.4 is 15.0 Å². The van der Waals surface area contributed by atoms with Gasteiger partial charge in [-0.05, 0) is 38.8 Å². The molecule has 20 heavy (non-hydrogen) atoms. The number of anilines is 1. The quantitative estimate of drug-likeness (QED) is 0.922. The average Bonchev–Trinajstić information content (AvgIpc) is 2.40. The molecule has 1 unspecified atom stereocenters. The molecule has 1 saturated heterocycles. The highest BCUT2D eigenvalue weighted by Gasteiger charge is 2.33. The van der Waals surface area contributed by atoms with Crippen molar-refractivity contribution in [2.75, 3.05) is 25.1 Å². The smallest absolute Gasteiger partial charge is 0.143 e. The van der Waals surface area contributed by atoms with Crippen LogP contribution in [0.2, 0.25) is 5.02 Å². The van der Waals surface area contributed by atoms with Gasteiger partial charge in [0.2, 0.25) is 0 Å². The number of piperazine rings is 1. The van der Waals surface area contributed by atoms with Crippen molar-refractivity contribution in [1.29, 1.82) is 0 Å². The van der Waals surface area contributed by atoms with E-state index in [4.69, 9.17) is 16.3 Å². The number of methoxy groups -OCH3 is 1. The molecule has 1 heterocycles. The Bertz CT molecular complexity index is 488. The fraction of sp³-hybridized carbons (Fsp3) is 0.625. The summed E-state index contributed by atoms with van der Waals surface area (Å²) < 4.78 is 5.55. The van der Waals surface area contributed by atoms with Crippen molar-refractivity contribution >= 4 is 17.3 Å². The maximum absolute atomic E-state index is 6.22. The molecule has 112 valence electrons. The van der Waals surface area contributed by atoms with Crippen molar-refractivity contribution in [2.45, 2.75) is 45.7 Å². The van der Waals surface area contributed by atoms with E-state index in [1.54, 1.807) is 7.11 Å². The number of hydrogen-bond acceptors (Lipinski definition) is 3. The molecule has 0 radical (unpaired) electrons. The molecule has 1 aromatic carbocycles. The number of aryl methyl sites for hydroxylation is 1. The first-order chi connectivity index (χ1) is 9.38. The van der Waals surface area contributed by atoms with Crippen LogP contribution in [0.4, 0.5) is 5.69 Å². The molecule has 1 aromatic rings. The highest BCUT2D eigenvalue weighted by atomic mass is 35.5. The molecule has 4 heteroatoms. The topological polar surface area (TPSA) is 24.5 Å². The van der Waals surface area contributed by atoms with Gasteiger partial charge in [-0.2, -0.15) is 0 Å². The fourth-order valence-corrected chi connectivity index (χ4v) is 2.95. The lowest BCUT2D eigenvalue weighted by Gasteiger charge is -2.46. The minimum atomic E-state index is 0.101. The van der Waals surface area contributed by atoms with E-state index in [0.29, 0.717) is 6.04 Å². The summed E-state index contributed by atoms with van der Waals surface area (Å²) in [6.45, 7) is 10.7. The largest absolute Gasteiger partial charge is 0.495 e. The van der Waals surface area contributed by atoms with Gasteiger partial charge >= 0.3 is 0 Å². The normalized spacial score (nSPS) is 21.9. The van der Waals surface area contributed by atoms with E-state index in [2.05, 4.69) is 37.1 Å². The number of nitrogens with zero attached hydrogens (tertiary/aromatic N) is 1. The Balaban J connectivity index is 2.43. The molecule has 1 atom stereocenters. The van der Waals surface area contributed by atoms with E-state index in [1.807, 2.05) is 13.0 Å². The van der Waals surface area contributed by atoms with Crippen LogP contribution in [-0.2, 0) is 0 Å². The second kappa shape index (κ2) is 5.82. The summed E-state index contributed by atoms with van der Waals surface area (Å²) in [7, 11) is 1.71. The zero-order valence-corrected chi connectivity index (χ0v) is 13.8. The van der Waals surface area contributed by atoms with Gasteiger partial charge < -0.3 is 15.0 Å². The summed E-state index contributed by atoms with van der Waals surface area (Å²) in [4.78, 5) is 2.46. The number of rotatable bonds is 3. The summed E-state index contributed by atoms with van der Waals surface area (Å²) in [5.41, 5.74) is 2.34. The van der Waals surface area contributed by atoms with Gasteiger partial charge in [0.1, 0.15) is 5.75 Å². The van der Waals surface area contributed by atoms with Crippen molar-refractivity contribution in [3.63, 3.8) is 0 Å². The summed E-state index contributed by atoms with van der Waals surface area (Å²) >= 11 is 6.22. The van der Waals surface area contributed by atoms with Crippen molar-refractivity contribution in [2.24, 2.45) is 0 Å². The average molecular weight is 297 g/mol. The summed E-state index contributed by atoms with van der Waals surface area (Å²) in [5.74, 6) is 0.858. The third kappa shape index (κ3) is 3.04. The lowest BCUT2D eigenvalue weighted by atomic mass is 9.96. The first-order valence-electron chi connectivity index (χ1n) is 7.23. The molecule has 0 aromatic heterocycles. The zero-order valence-electron chi connectivity index (χ0n) is 13.1. The lowest BCUT2D eigenvalue weighted by Crippen LogP contribution is -2.61. The maximum atomic E-state index is 6.22. The van der Waals surface area contributed by atoms with Crippen LogP contribution >= 0.6 is 11.6 Å². The van der Waals surface area contributed by atoms with Crippen LogP contribution in [0.5, 0.6) is 5.75 Å². The van der Waals surface area contributed by atoms with E-state index in [-0.39, 0.29) is 5.54 Å². The maximum Gasteiger partial charge on any atom is 0.143 e. The zero-order chi connectivity index (χ0) is 14.9. The molecule has 0 aliphatic carbocycles. The molecule has 1 fully saturated rings. The van der Waals surface area contributed by atoms with E-state index >= 15 is 0 Å². The fourth-order valence-electron chi connectivity index (χ4n) is 2.80. The summed E-state index contributed by atoms with van der Waals surface area (Å²) in [6, 6.07) is 4.55. The monoisotopic (exact) mass is 296 g/mol. The van der Waals surface area contributed by atoms with Crippen LogP contribution in [0.3, 0.4) is 0 Å². The first-order valence-corrected chi connectivity index (χ1v) is 7.61. The summed E-state index contributed by atoms with van der Waals surface area (Å²) in [6.07, 6.45) is 1.11.